The fourth-order valence-electron chi connectivity index (χ4n) is 2.57. The van der Waals surface area contributed by atoms with Crippen LogP contribution in [0.15, 0.2) is 54.6 Å². The summed E-state index contributed by atoms with van der Waals surface area (Å²) in [5.74, 6) is 1.21. The van der Waals surface area contributed by atoms with Crippen molar-refractivity contribution < 1.29 is 4.92 Å². The van der Waals surface area contributed by atoms with Crippen LogP contribution in [0.25, 0.3) is 6.08 Å². The first-order valence-corrected chi connectivity index (χ1v) is 7.13. The van der Waals surface area contributed by atoms with Crippen molar-refractivity contribution in [1.29, 1.82) is 0 Å². The first-order chi connectivity index (χ1) is 10.1. The topological polar surface area (TPSA) is 43.1 Å². The van der Waals surface area contributed by atoms with Gasteiger partial charge >= 0.3 is 0 Å². The SMILES string of the molecule is Cc1ccc([C@@H]2C[C@@H]2/C=C/c2ccc([N+](=O)[O-])cc2)cc1. The van der Waals surface area contributed by atoms with Crippen LogP contribution in [-0.2, 0) is 0 Å². The lowest BCUT2D eigenvalue weighted by Crippen LogP contribution is -1.86. The first-order valence-electron chi connectivity index (χ1n) is 7.13. The minimum absolute atomic E-state index is 0.135. The summed E-state index contributed by atoms with van der Waals surface area (Å²) >= 11 is 0. The Balaban J connectivity index is 1.63. The van der Waals surface area contributed by atoms with Crippen LogP contribution >= 0.6 is 0 Å². The van der Waals surface area contributed by atoms with Crippen molar-refractivity contribution in [3.8, 4) is 0 Å². The number of nitro groups is 1. The maximum absolute atomic E-state index is 10.6. The Morgan fingerprint density at radius 1 is 1.10 bits per heavy atom. The summed E-state index contributed by atoms with van der Waals surface area (Å²) in [6, 6.07) is 15.4. The second-order valence-corrected chi connectivity index (χ2v) is 5.62. The predicted molar refractivity (Wildman–Crippen MR) is 84.2 cm³/mol. The van der Waals surface area contributed by atoms with Gasteiger partial charge < -0.3 is 0 Å². The molecule has 3 nitrogen and oxygen atoms in total. The largest absolute Gasteiger partial charge is 0.269 e. The van der Waals surface area contributed by atoms with E-state index in [9.17, 15) is 10.1 Å². The number of nitrogens with zero attached hydrogens (tertiary/aromatic N) is 1. The Kier molecular flexibility index (Phi) is 3.57. The van der Waals surface area contributed by atoms with Crippen LogP contribution < -0.4 is 0 Å². The summed E-state index contributed by atoms with van der Waals surface area (Å²) in [6.07, 6.45) is 5.46. The van der Waals surface area contributed by atoms with E-state index < -0.39 is 0 Å². The van der Waals surface area contributed by atoms with Crippen LogP contribution in [0.4, 0.5) is 5.69 Å². The van der Waals surface area contributed by atoms with Crippen molar-refractivity contribution in [1.82, 2.24) is 0 Å². The number of rotatable bonds is 4. The molecule has 2 atom stereocenters. The third kappa shape index (κ3) is 3.19. The molecule has 0 saturated heterocycles. The molecule has 0 unspecified atom stereocenters. The van der Waals surface area contributed by atoms with E-state index in [0.29, 0.717) is 11.8 Å². The average Bonchev–Trinajstić information content (AvgIpc) is 3.26. The summed E-state index contributed by atoms with van der Waals surface area (Å²) in [7, 11) is 0. The minimum Gasteiger partial charge on any atom is -0.258 e. The Morgan fingerprint density at radius 3 is 2.38 bits per heavy atom. The highest BCUT2D eigenvalue weighted by Crippen LogP contribution is 2.48. The standard InChI is InChI=1S/C18H17NO2/c1-13-2-7-15(8-3-13)18-12-16(18)9-4-14-5-10-17(11-6-14)19(20)21/h2-11,16,18H,12H2,1H3/b9-4+/t16-,18-/m0/s1. The zero-order chi connectivity index (χ0) is 14.8. The van der Waals surface area contributed by atoms with E-state index in [2.05, 4.69) is 43.3 Å². The van der Waals surface area contributed by atoms with Gasteiger partial charge in [-0.2, -0.15) is 0 Å². The van der Waals surface area contributed by atoms with Gasteiger partial charge in [0.05, 0.1) is 4.92 Å². The van der Waals surface area contributed by atoms with Crippen molar-refractivity contribution in [2.24, 2.45) is 5.92 Å². The van der Waals surface area contributed by atoms with E-state index in [1.807, 2.05) is 0 Å². The zero-order valence-corrected chi connectivity index (χ0v) is 11.9. The number of benzene rings is 2. The number of aryl methyl sites for hydroxylation is 1. The zero-order valence-electron chi connectivity index (χ0n) is 11.9. The van der Waals surface area contributed by atoms with Gasteiger partial charge in [-0.05, 0) is 48.4 Å². The molecule has 2 aromatic rings. The number of hydrogen-bond acceptors (Lipinski definition) is 2. The van der Waals surface area contributed by atoms with Gasteiger partial charge in [-0.3, -0.25) is 10.1 Å². The van der Waals surface area contributed by atoms with Gasteiger partial charge in [0.25, 0.3) is 5.69 Å². The van der Waals surface area contributed by atoms with E-state index in [-0.39, 0.29) is 10.6 Å². The number of allylic oxidation sites excluding steroid dienone is 1. The number of hydrogen-bond donors (Lipinski definition) is 0. The highest BCUT2D eigenvalue weighted by atomic mass is 16.6. The van der Waals surface area contributed by atoms with Crippen molar-refractivity contribution in [3.05, 3.63) is 81.4 Å². The summed E-state index contributed by atoms with van der Waals surface area (Å²) in [6.45, 7) is 2.10. The van der Waals surface area contributed by atoms with Crippen molar-refractivity contribution in [2.75, 3.05) is 0 Å². The van der Waals surface area contributed by atoms with Crippen molar-refractivity contribution >= 4 is 11.8 Å². The van der Waals surface area contributed by atoms with Crippen LogP contribution in [0.3, 0.4) is 0 Å². The molecule has 0 aliphatic heterocycles. The third-order valence-electron chi connectivity index (χ3n) is 3.99. The predicted octanol–water partition coefficient (Wildman–Crippen LogP) is 4.72. The molecule has 106 valence electrons. The molecule has 0 bridgehead atoms. The molecule has 0 aromatic heterocycles. The van der Waals surface area contributed by atoms with E-state index >= 15 is 0 Å². The quantitative estimate of drug-likeness (QED) is 0.600. The fourth-order valence-corrected chi connectivity index (χ4v) is 2.57. The normalized spacial score (nSPS) is 20.6. The van der Waals surface area contributed by atoms with Crippen LogP contribution in [0.5, 0.6) is 0 Å². The number of nitro benzene ring substituents is 1. The Hall–Kier alpha value is -2.42. The highest BCUT2D eigenvalue weighted by molar-refractivity contribution is 5.53. The molecule has 0 radical (unpaired) electrons. The van der Waals surface area contributed by atoms with Gasteiger partial charge in [-0.25, -0.2) is 0 Å². The van der Waals surface area contributed by atoms with Gasteiger partial charge in [-0.1, -0.05) is 42.0 Å². The molecule has 1 saturated carbocycles. The maximum Gasteiger partial charge on any atom is 0.269 e. The van der Waals surface area contributed by atoms with Gasteiger partial charge in [0, 0.05) is 12.1 Å². The molecular weight excluding hydrogens is 262 g/mol. The van der Waals surface area contributed by atoms with Crippen LogP contribution in [0, 0.1) is 23.0 Å². The molecular formula is C18H17NO2. The molecule has 1 fully saturated rings. The number of non-ortho nitro benzene ring substituents is 1. The van der Waals surface area contributed by atoms with E-state index in [0.717, 1.165) is 5.56 Å². The lowest BCUT2D eigenvalue weighted by atomic mass is 10.1. The summed E-state index contributed by atoms with van der Waals surface area (Å²) in [4.78, 5) is 10.2. The second-order valence-electron chi connectivity index (χ2n) is 5.62. The van der Waals surface area contributed by atoms with Gasteiger partial charge in [0.1, 0.15) is 0 Å². The smallest absolute Gasteiger partial charge is 0.258 e. The highest BCUT2D eigenvalue weighted by Gasteiger charge is 2.35. The second kappa shape index (κ2) is 5.52. The van der Waals surface area contributed by atoms with Gasteiger partial charge in [-0.15, -0.1) is 0 Å². The monoisotopic (exact) mass is 279 g/mol. The van der Waals surface area contributed by atoms with Crippen LogP contribution in [0.1, 0.15) is 29.0 Å². The molecule has 1 aliphatic carbocycles. The summed E-state index contributed by atoms with van der Waals surface area (Å²) in [5, 5.41) is 10.6. The van der Waals surface area contributed by atoms with Gasteiger partial charge in [0.2, 0.25) is 0 Å². The van der Waals surface area contributed by atoms with Crippen LogP contribution in [0.2, 0.25) is 0 Å². The van der Waals surface area contributed by atoms with E-state index in [1.165, 1.54) is 17.5 Å². The van der Waals surface area contributed by atoms with Crippen molar-refractivity contribution in [2.45, 2.75) is 19.3 Å². The molecule has 1 aliphatic rings. The third-order valence-corrected chi connectivity index (χ3v) is 3.99. The molecule has 21 heavy (non-hydrogen) atoms. The molecule has 0 N–H and O–H groups in total. The Labute approximate surface area is 124 Å². The van der Waals surface area contributed by atoms with Crippen molar-refractivity contribution in [3.63, 3.8) is 0 Å². The van der Waals surface area contributed by atoms with Crippen LogP contribution in [-0.4, -0.2) is 4.92 Å². The van der Waals surface area contributed by atoms with E-state index in [4.69, 9.17) is 0 Å². The summed E-state index contributed by atoms with van der Waals surface area (Å²) < 4.78 is 0. The molecule has 0 spiro atoms. The lowest BCUT2D eigenvalue weighted by Gasteiger charge is -1.99. The summed E-state index contributed by atoms with van der Waals surface area (Å²) in [5.41, 5.74) is 3.84. The first kappa shape index (κ1) is 13.6. The fraction of sp³-hybridized carbons (Fsp3) is 0.222. The molecule has 0 heterocycles. The molecule has 0 amide bonds. The Morgan fingerprint density at radius 2 is 1.76 bits per heavy atom. The minimum atomic E-state index is -0.373. The van der Waals surface area contributed by atoms with E-state index in [1.54, 1.807) is 24.3 Å². The van der Waals surface area contributed by atoms with Gasteiger partial charge in [0.15, 0.2) is 0 Å². The average molecular weight is 279 g/mol. The molecule has 2 aromatic carbocycles. The Bertz CT molecular complexity index is 671. The maximum atomic E-state index is 10.6. The molecule has 3 heteroatoms. The lowest BCUT2D eigenvalue weighted by molar-refractivity contribution is -0.384. The molecule has 3 rings (SSSR count).